The molecule has 0 unspecified atom stereocenters. The molecule has 0 fully saturated rings. The molecule has 0 aromatic heterocycles. The molecular weight excluding hydrogens is 164 g/mol. The van der Waals surface area contributed by atoms with E-state index in [1.54, 1.807) is 0 Å². The number of rotatable bonds is 7. The number of carbonyl (C=O) groups is 1. The zero-order valence-corrected chi connectivity index (χ0v) is 8.71. The maximum atomic E-state index is 11.0. The number of esters is 1. The predicted molar refractivity (Wildman–Crippen MR) is 54.3 cm³/mol. The lowest BCUT2D eigenvalue weighted by molar-refractivity contribution is -0.138. The van der Waals surface area contributed by atoms with E-state index in [9.17, 15) is 4.79 Å². The summed E-state index contributed by atoms with van der Waals surface area (Å²) >= 11 is 0. The molecule has 0 aromatic carbocycles. The minimum Gasteiger partial charge on any atom is -0.435 e. The smallest absolute Gasteiger partial charge is 0.310 e. The van der Waals surface area contributed by atoms with Gasteiger partial charge in [-0.2, -0.15) is 0 Å². The monoisotopic (exact) mass is 184 g/mol. The van der Waals surface area contributed by atoms with E-state index in [4.69, 9.17) is 4.74 Å². The Morgan fingerprint density at radius 1 is 1.23 bits per heavy atom. The van der Waals surface area contributed by atoms with Crippen LogP contribution in [0.5, 0.6) is 0 Å². The summed E-state index contributed by atoms with van der Waals surface area (Å²) in [6.07, 6.45) is 9.19. The van der Waals surface area contributed by atoms with E-state index in [2.05, 4.69) is 13.8 Å². The van der Waals surface area contributed by atoms with Gasteiger partial charge in [-0.15, -0.1) is 0 Å². The largest absolute Gasteiger partial charge is 0.435 e. The standard InChI is InChI=1S/C11H20O2/c1-3-5-7-9-11(12)13-10-8-6-4-2/h8,10H,3-7,9H2,1-2H3. The quantitative estimate of drug-likeness (QED) is 0.344. The molecule has 13 heavy (non-hydrogen) atoms. The Hall–Kier alpha value is -0.790. The van der Waals surface area contributed by atoms with E-state index in [1.807, 2.05) is 6.08 Å². The number of allylic oxidation sites excluding steroid dienone is 1. The van der Waals surface area contributed by atoms with Crippen LogP contribution in [0, 0.1) is 0 Å². The Labute approximate surface area is 81.0 Å². The average molecular weight is 184 g/mol. The van der Waals surface area contributed by atoms with Gasteiger partial charge in [-0.05, 0) is 18.9 Å². The second kappa shape index (κ2) is 9.30. The van der Waals surface area contributed by atoms with Crippen molar-refractivity contribution in [3.63, 3.8) is 0 Å². The van der Waals surface area contributed by atoms with Crippen LogP contribution in [-0.4, -0.2) is 5.97 Å². The third-order valence-electron chi connectivity index (χ3n) is 1.74. The van der Waals surface area contributed by atoms with Crippen LogP contribution in [0.3, 0.4) is 0 Å². The van der Waals surface area contributed by atoms with Crippen LogP contribution in [-0.2, 0) is 9.53 Å². The SMILES string of the molecule is CCCC=COC(=O)CCCCC. The fourth-order valence-electron chi connectivity index (χ4n) is 0.937. The third-order valence-corrected chi connectivity index (χ3v) is 1.74. The van der Waals surface area contributed by atoms with Gasteiger partial charge in [0.15, 0.2) is 0 Å². The third kappa shape index (κ3) is 9.12. The molecule has 0 heterocycles. The summed E-state index contributed by atoms with van der Waals surface area (Å²) in [6, 6.07) is 0. The fraction of sp³-hybridized carbons (Fsp3) is 0.727. The van der Waals surface area contributed by atoms with Crippen molar-refractivity contribution in [2.24, 2.45) is 0 Å². The lowest BCUT2D eigenvalue weighted by atomic mass is 10.2. The van der Waals surface area contributed by atoms with Crippen molar-refractivity contribution >= 4 is 5.97 Å². The summed E-state index contributed by atoms with van der Waals surface area (Å²) in [5.74, 6) is -0.110. The second-order valence-electron chi connectivity index (χ2n) is 3.11. The Morgan fingerprint density at radius 3 is 2.62 bits per heavy atom. The molecule has 0 aromatic rings. The Kier molecular flexibility index (Phi) is 8.73. The van der Waals surface area contributed by atoms with Crippen molar-refractivity contribution in [2.75, 3.05) is 0 Å². The first-order chi connectivity index (χ1) is 6.31. The van der Waals surface area contributed by atoms with Gasteiger partial charge in [0.25, 0.3) is 0 Å². The number of carbonyl (C=O) groups excluding carboxylic acids is 1. The van der Waals surface area contributed by atoms with Gasteiger partial charge < -0.3 is 4.74 Å². The first kappa shape index (κ1) is 12.2. The summed E-state index contributed by atoms with van der Waals surface area (Å²) in [5, 5.41) is 0. The van der Waals surface area contributed by atoms with Crippen molar-refractivity contribution in [3.05, 3.63) is 12.3 Å². The van der Waals surface area contributed by atoms with Crippen LogP contribution in [0.15, 0.2) is 12.3 Å². The van der Waals surface area contributed by atoms with Crippen LogP contribution in [0.2, 0.25) is 0 Å². The van der Waals surface area contributed by atoms with E-state index in [0.29, 0.717) is 6.42 Å². The van der Waals surface area contributed by atoms with Crippen molar-refractivity contribution in [3.8, 4) is 0 Å². The first-order valence-electron chi connectivity index (χ1n) is 5.15. The van der Waals surface area contributed by atoms with E-state index < -0.39 is 0 Å². The molecule has 0 spiro atoms. The number of ether oxygens (including phenoxy) is 1. The van der Waals surface area contributed by atoms with Crippen molar-refractivity contribution in [2.45, 2.75) is 52.4 Å². The Morgan fingerprint density at radius 2 is 2.00 bits per heavy atom. The molecule has 0 aliphatic carbocycles. The molecular formula is C11H20O2. The average Bonchev–Trinajstić information content (AvgIpc) is 2.13. The Balaban J connectivity index is 3.29. The van der Waals surface area contributed by atoms with Gasteiger partial charge in [0.1, 0.15) is 0 Å². The molecule has 0 radical (unpaired) electrons. The highest BCUT2D eigenvalue weighted by Gasteiger charge is 1.98. The molecule has 0 aliphatic rings. The highest BCUT2D eigenvalue weighted by Crippen LogP contribution is 2.00. The van der Waals surface area contributed by atoms with Gasteiger partial charge >= 0.3 is 5.97 Å². The van der Waals surface area contributed by atoms with Gasteiger partial charge in [0.05, 0.1) is 6.26 Å². The van der Waals surface area contributed by atoms with Gasteiger partial charge in [0.2, 0.25) is 0 Å². The van der Waals surface area contributed by atoms with E-state index in [0.717, 1.165) is 32.1 Å². The minimum atomic E-state index is -0.110. The van der Waals surface area contributed by atoms with E-state index in [1.165, 1.54) is 6.26 Å². The zero-order chi connectivity index (χ0) is 9.94. The van der Waals surface area contributed by atoms with Crippen molar-refractivity contribution in [1.29, 1.82) is 0 Å². The van der Waals surface area contributed by atoms with Crippen LogP contribution < -0.4 is 0 Å². The lowest BCUT2D eigenvalue weighted by Gasteiger charge is -1.97. The topological polar surface area (TPSA) is 26.3 Å². The number of hydrogen-bond acceptors (Lipinski definition) is 2. The molecule has 0 saturated carbocycles. The molecule has 2 nitrogen and oxygen atoms in total. The van der Waals surface area contributed by atoms with Gasteiger partial charge in [-0.25, -0.2) is 0 Å². The molecule has 0 amide bonds. The highest BCUT2D eigenvalue weighted by molar-refractivity contribution is 5.69. The fourth-order valence-corrected chi connectivity index (χ4v) is 0.937. The molecule has 0 N–H and O–H groups in total. The van der Waals surface area contributed by atoms with Gasteiger partial charge in [-0.3, -0.25) is 4.79 Å². The zero-order valence-electron chi connectivity index (χ0n) is 8.71. The molecule has 0 rings (SSSR count). The van der Waals surface area contributed by atoms with Gasteiger partial charge in [-0.1, -0.05) is 33.1 Å². The van der Waals surface area contributed by atoms with E-state index >= 15 is 0 Å². The molecule has 0 saturated heterocycles. The summed E-state index contributed by atoms with van der Waals surface area (Å²) in [7, 11) is 0. The summed E-state index contributed by atoms with van der Waals surface area (Å²) in [5.41, 5.74) is 0. The maximum absolute atomic E-state index is 11.0. The minimum absolute atomic E-state index is 0.110. The molecule has 2 heteroatoms. The summed E-state index contributed by atoms with van der Waals surface area (Å²) in [4.78, 5) is 11.0. The van der Waals surface area contributed by atoms with Crippen molar-refractivity contribution in [1.82, 2.24) is 0 Å². The first-order valence-corrected chi connectivity index (χ1v) is 5.15. The molecule has 76 valence electrons. The van der Waals surface area contributed by atoms with Gasteiger partial charge in [0, 0.05) is 6.42 Å². The van der Waals surface area contributed by atoms with Crippen LogP contribution in [0.1, 0.15) is 52.4 Å². The van der Waals surface area contributed by atoms with Crippen LogP contribution in [0.25, 0.3) is 0 Å². The van der Waals surface area contributed by atoms with Crippen molar-refractivity contribution < 1.29 is 9.53 Å². The lowest BCUT2D eigenvalue weighted by Crippen LogP contribution is -1.98. The van der Waals surface area contributed by atoms with Crippen LogP contribution >= 0.6 is 0 Å². The maximum Gasteiger partial charge on any atom is 0.310 e. The second-order valence-corrected chi connectivity index (χ2v) is 3.11. The number of hydrogen-bond donors (Lipinski definition) is 0. The van der Waals surface area contributed by atoms with Crippen LogP contribution in [0.4, 0.5) is 0 Å². The predicted octanol–water partition coefficient (Wildman–Crippen LogP) is 3.42. The molecule has 0 atom stereocenters. The summed E-state index contributed by atoms with van der Waals surface area (Å²) in [6.45, 7) is 4.21. The molecule has 0 bridgehead atoms. The molecule has 0 aliphatic heterocycles. The van der Waals surface area contributed by atoms with E-state index in [-0.39, 0.29) is 5.97 Å². The number of unbranched alkanes of at least 4 members (excludes halogenated alkanes) is 3. The highest BCUT2D eigenvalue weighted by atomic mass is 16.5. The summed E-state index contributed by atoms with van der Waals surface area (Å²) < 4.78 is 4.87. The Bertz CT molecular complexity index is 150. The normalized spacial score (nSPS) is 10.6.